The van der Waals surface area contributed by atoms with Crippen LogP contribution in [-0.4, -0.2) is 54.3 Å². The van der Waals surface area contributed by atoms with Gasteiger partial charge in [0.2, 0.25) is 5.91 Å². The zero-order valence-corrected chi connectivity index (χ0v) is 15.7. The van der Waals surface area contributed by atoms with E-state index in [0.717, 1.165) is 25.2 Å². The minimum Gasteiger partial charge on any atom is -0.341 e. The van der Waals surface area contributed by atoms with Crippen LogP contribution in [-0.2, 0) is 11.3 Å². The number of hydrogen-bond acceptors (Lipinski definition) is 3. The van der Waals surface area contributed by atoms with Gasteiger partial charge in [0.05, 0.1) is 0 Å². The van der Waals surface area contributed by atoms with Crippen LogP contribution in [0.15, 0.2) is 24.3 Å². The molecular weight excluding hydrogens is 326 g/mol. The van der Waals surface area contributed by atoms with Crippen LogP contribution in [0.3, 0.4) is 0 Å². The second kappa shape index (κ2) is 9.04. The lowest BCUT2D eigenvalue weighted by Gasteiger charge is -2.34. The molecule has 6 heteroatoms. The summed E-state index contributed by atoms with van der Waals surface area (Å²) < 4.78 is 0. The number of nitrogens with one attached hydrogen (secondary N) is 1. The predicted molar refractivity (Wildman–Crippen MR) is 98.4 cm³/mol. The van der Waals surface area contributed by atoms with E-state index < -0.39 is 0 Å². The molecule has 1 aromatic carbocycles. The molecule has 134 valence electrons. The Bertz CT molecular complexity index is 560. The van der Waals surface area contributed by atoms with Gasteiger partial charge in [-0.1, -0.05) is 26.0 Å². The molecule has 1 fully saturated rings. The molecule has 0 aliphatic carbocycles. The van der Waals surface area contributed by atoms with Crippen LogP contribution >= 0.6 is 12.4 Å². The molecule has 0 radical (unpaired) electrons. The molecule has 0 saturated carbocycles. The molecule has 1 atom stereocenters. The predicted octanol–water partition coefficient (Wildman–Crippen LogP) is 2.16. The van der Waals surface area contributed by atoms with Crippen LogP contribution < -0.4 is 5.32 Å². The summed E-state index contributed by atoms with van der Waals surface area (Å²) in [6.45, 7) is 8.85. The summed E-state index contributed by atoms with van der Waals surface area (Å²) in [5.74, 6) is 0.201. The Morgan fingerprint density at radius 3 is 2.46 bits per heavy atom. The van der Waals surface area contributed by atoms with Crippen molar-refractivity contribution in [3.8, 4) is 0 Å². The van der Waals surface area contributed by atoms with Crippen LogP contribution in [0.2, 0.25) is 0 Å². The SMILES string of the molecule is CC(C)C(=O)N(C)Cc1ccc(C(=O)N2CCNC[C@H]2C)cc1.Cl. The Morgan fingerprint density at radius 1 is 1.29 bits per heavy atom. The highest BCUT2D eigenvalue weighted by Gasteiger charge is 2.23. The molecular formula is C18H28ClN3O2. The number of piperazine rings is 1. The fourth-order valence-corrected chi connectivity index (χ4v) is 2.85. The van der Waals surface area contributed by atoms with Crippen molar-refractivity contribution >= 4 is 24.2 Å². The molecule has 0 aromatic heterocycles. The van der Waals surface area contributed by atoms with Gasteiger partial charge in [-0.05, 0) is 24.6 Å². The van der Waals surface area contributed by atoms with E-state index in [1.807, 2.05) is 50.1 Å². The summed E-state index contributed by atoms with van der Waals surface area (Å²) in [6.07, 6.45) is 0. The van der Waals surface area contributed by atoms with E-state index in [0.29, 0.717) is 12.1 Å². The van der Waals surface area contributed by atoms with Gasteiger partial charge < -0.3 is 15.1 Å². The van der Waals surface area contributed by atoms with E-state index in [1.165, 1.54) is 0 Å². The number of amides is 2. The molecule has 24 heavy (non-hydrogen) atoms. The van der Waals surface area contributed by atoms with Crippen LogP contribution in [0.1, 0.15) is 36.7 Å². The number of hydrogen-bond donors (Lipinski definition) is 1. The van der Waals surface area contributed by atoms with Crippen LogP contribution in [0.4, 0.5) is 0 Å². The van der Waals surface area contributed by atoms with Gasteiger partial charge in [-0.15, -0.1) is 12.4 Å². The quantitative estimate of drug-likeness (QED) is 0.902. The first-order chi connectivity index (χ1) is 10.9. The lowest BCUT2D eigenvalue weighted by molar-refractivity contribution is -0.133. The van der Waals surface area contributed by atoms with Crippen molar-refractivity contribution in [1.29, 1.82) is 0 Å². The second-order valence-electron chi connectivity index (χ2n) is 6.60. The van der Waals surface area contributed by atoms with Gasteiger partial charge in [-0.3, -0.25) is 9.59 Å². The second-order valence-corrected chi connectivity index (χ2v) is 6.60. The molecule has 1 heterocycles. The van der Waals surface area contributed by atoms with Gasteiger partial charge in [0.25, 0.3) is 5.91 Å². The van der Waals surface area contributed by atoms with Gasteiger partial charge in [-0.2, -0.15) is 0 Å². The lowest BCUT2D eigenvalue weighted by Crippen LogP contribution is -2.52. The number of carbonyl (C=O) groups is 2. The Balaban J connectivity index is 0.00000288. The number of rotatable bonds is 4. The third-order valence-electron chi connectivity index (χ3n) is 4.25. The monoisotopic (exact) mass is 353 g/mol. The normalized spacial score (nSPS) is 17.4. The number of halogens is 1. The maximum absolute atomic E-state index is 12.6. The Kier molecular flexibility index (Phi) is 7.70. The first-order valence-electron chi connectivity index (χ1n) is 8.25. The summed E-state index contributed by atoms with van der Waals surface area (Å²) in [6, 6.07) is 7.81. The van der Waals surface area contributed by atoms with E-state index in [1.54, 1.807) is 4.90 Å². The molecule has 0 unspecified atom stereocenters. The van der Waals surface area contributed by atoms with Gasteiger partial charge in [0, 0.05) is 50.7 Å². The van der Waals surface area contributed by atoms with Gasteiger partial charge in [-0.25, -0.2) is 0 Å². The Labute approximate surface area is 150 Å². The molecule has 5 nitrogen and oxygen atoms in total. The Hall–Kier alpha value is -1.59. The third kappa shape index (κ3) is 4.95. The highest BCUT2D eigenvalue weighted by molar-refractivity contribution is 5.94. The lowest BCUT2D eigenvalue weighted by atomic mass is 10.1. The van der Waals surface area contributed by atoms with E-state index in [2.05, 4.69) is 12.2 Å². The highest BCUT2D eigenvalue weighted by atomic mass is 35.5. The first-order valence-corrected chi connectivity index (χ1v) is 8.25. The van der Waals surface area contributed by atoms with Crippen molar-refractivity contribution in [1.82, 2.24) is 15.1 Å². The fourth-order valence-electron chi connectivity index (χ4n) is 2.85. The number of nitrogens with zero attached hydrogens (tertiary/aromatic N) is 2. The average molecular weight is 354 g/mol. The van der Waals surface area contributed by atoms with Gasteiger partial charge in [0.15, 0.2) is 0 Å². The van der Waals surface area contributed by atoms with E-state index >= 15 is 0 Å². The molecule has 1 aromatic rings. The van der Waals surface area contributed by atoms with E-state index in [9.17, 15) is 9.59 Å². The van der Waals surface area contributed by atoms with Crippen molar-refractivity contribution in [2.75, 3.05) is 26.7 Å². The summed E-state index contributed by atoms with van der Waals surface area (Å²) in [5, 5.41) is 3.29. The van der Waals surface area contributed by atoms with Crippen molar-refractivity contribution < 1.29 is 9.59 Å². The molecule has 1 saturated heterocycles. The van der Waals surface area contributed by atoms with Crippen molar-refractivity contribution in [3.05, 3.63) is 35.4 Å². The first kappa shape index (κ1) is 20.5. The Morgan fingerprint density at radius 2 is 1.92 bits per heavy atom. The standard InChI is InChI=1S/C18H27N3O2.ClH/c1-13(2)17(22)20(4)12-15-5-7-16(8-6-15)18(23)21-10-9-19-11-14(21)3;/h5-8,13-14,19H,9-12H2,1-4H3;1H/t14-;/m1./s1. The van der Waals surface area contributed by atoms with Gasteiger partial charge >= 0.3 is 0 Å². The number of benzene rings is 1. The highest BCUT2D eigenvalue weighted by Crippen LogP contribution is 2.13. The maximum atomic E-state index is 12.6. The minimum absolute atomic E-state index is 0. The van der Waals surface area contributed by atoms with Crippen molar-refractivity contribution in [2.45, 2.75) is 33.4 Å². The van der Waals surface area contributed by atoms with Crippen LogP contribution in [0.25, 0.3) is 0 Å². The van der Waals surface area contributed by atoms with Crippen LogP contribution in [0, 0.1) is 5.92 Å². The minimum atomic E-state index is -0.00458. The topological polar surface area (TPSA) is 52.7 Å². The molecule has 2 amide bonds. The van der Waals surface area contributed by atoms with E-state index in [-0.39, 0.29) is 36.2 Å². The summed E-state index contributed by atoms with van der Waals surface area (Å²) >= 11 is 0. The molecule has 1 aliphatic rings. The summed E-state index contributed by atoms with van der Waals surface area (Å²) in [4.78, 5) is 28.1. The molecule has 2 rings (SSSR count). The zero-order chi connectivity index (χ0) is 17.0. The molecule has 0 spiro atoms. The van der Waals surface area contributed by atoms with Crippen molar-refractivity contribution in [2.24, 2.45) is 5.92 Å². The largest absolute Gasteiger partial charge is 0.341 e. The average Bonchev–Trinajstić information content (AvgIpc) is 2.54. The molecule has 1 aliphatic heterocycles. The molecule has 0 bridgehead atoms. The van der Waals surface area contributed by atoms with E-state index in [4.69, 9.17) is 0 Å². The van der Waals surface area contributed by atoms with Crippen molar-refractivity contribution in [3.63, 3.8) is 0 Å². The zero-order valence-electron chi connectivity index (χ0n) is 14.9. The maximum Gasteiger partial charge on any atom is 0.254 e. The fraction of sp³-hybridized carbons (Fsp3) is 0.556. The van der Waals surface area contributed by atoms with Gasteiger partial charge in [0.1, 0.15) is 0 Å². The van der Waals surface area contributed by atoms with Crippen LogP contribution in [0.5, 0.6) is 0 Å². The molecule has 1 N–H and O–H groups in total. The third-order valence-corrected chi connectivity index (χ3v) is 4.25. The smallest absolute Gasteiger partial charge is 0.254 e. The number of carbonyl (C=O) groups excluding carboxylic acids is 2. The summed E-state index contributed by atoms with van der Waals surface area (Å²) in [7, 11) is 1.81. The summed E-state index contributed by atoms with van der Waals surface area (Å²) in [5.41, 5.74) is 1.74.